The molecule has 2 N–H and O–H groups in total. The summed E-state index contributed by atoms with van der Waals surface area (Å²) in [4.78, 5) is 11.7. The van der Waals surface area contributed by atoms with Gasteiger partial charge in [0.05, 0.1) is 0 Å². The number of aromatic nitrogens is 1. The predicted octanol–water partition coefficient (Wildman–Crippen LogP) is 3.31. The highest BCUT2D eigenvalue weighted by Crippen LogP contribution is 2.15. The van der Waals surface area contributed by atoms with E-state index in [-0.39, 0.29) is 24.0 Å². The minimum atomic E-state index is 0. The molecule has 148 valence electrons. The first-order valence-electron chi connectivity index (χ1n) is 9.92. The summed E-state index contributed by atoms with van der Waals surface area (Å²) in [5, 5.41) is 6.73. The second kappa shape index (κ2) is 14.2. The second-order valence-corrected chi connectivity index (χ2v) is 7.01. The Morgan fingerprint density at radius 3 is 2.92 bits per heavy atom. The number of aliphatic imine (C=N–C) groups is 1. The summed E-state index contributed by atoms with van der Waals surface area (Å²) in [6.07, 6.45) is 7.92. The van der Waals surface area contributed by atoms with E-state index in [4.69, 9.17) is 4.99 Å². The zero-order chi connectivity index (χ0) is 17.7. The number of unbranched alkanes of at least 4 members (excludes halogenated alkanes) is 1. The summed E-state index contributed by atoms with van der Waals surface area (Å²) in [6.45, 7) is 10.9. The smallest absolute Gasteiger partial charge is 0.191 e. The minimum absolute atomic E-state index is 0. The van der Waals surface area contributed by atoms with Crippen molar-refractivity contribution >= 4 is 29.9 Å². The van der Waals surface area contributed by atoms with Crippen LogP contribution in [0, 0.1) is 5.92 Å². The van der Waals surface area contributed by atoms with Gasteiger partial charge >= 0.3 is 0 Å². The van der Waals surface area contributed by atoms with Crippen molar-refractivity contribution in [1.29, 1.82) is 0 Å². The van der Waals surface area contributed by atoms with Crippen molar-refractivity contribution in [2.24, 2.45) is 10.9 Å². The van der Waals surface area contributed by atoms with E-state index in [1.807, 2.05) is 18.3 Å². The SMILES string of the molecule is CCNC(=NCCCCN1CCCC(C)C1)NCCc1ccccn1.I. The van der Waals surface area contributed by atoms with Crippen molar-refractivity contribution in [3.8, 4) is 0 Å². The molecule has 0 bridgehead atoms. The average Bonchev–Trinajstić information content (AvgIpc) is 2.62. The van der Waals surface area contributed by atoms with Crippen LogP contribution in [0.4, 0.5) is 0 Å². The Morgan fingerprint density at radius 2 is 2.19 bits per heavy atom. The van der Waals surface area contributed by atoms with Crippen LogP contribution in [0.2, 0.25) is 0 Å². The number of nitrogens with one attached hydrogen (secondary N) is 2. The molecular formula is C20H36IN5. The fraction of sp³-hybridized carbons (Fsp3) is 0.700. The maximum absolute atomic E-state index is 4.70. The number of rotatable bonds is 9. The molecule has 2 rings (SSSR count). The van der Waals surface area contributed by atoms with E-state index < -0.39 is 0 Å². The van der Waals surface area contributed by atoms with E-state index in [9.17, 15) is 0 Å². The highest BCUT2D eigenvalue weighted by atomic mass is 127. The monoisotopic (exact) mass is 473 g/mol. The molecular weight excluding hydrogens is 437 g/mol. The van der Waals surface area contributed by atoms with Gasteiger partial charge in [-0.2, -0.15) is 0 Å². The molecule has 6 heteroatoms. The average molecular weight is 473 g/mol. The predicted molar refractivity (Wildman–Crippen MR) is 121 cm³/mol. The summed E-state index contributed by atoms with van der Waals surface area (Å²) in [5.74, 6) is 1.79. The third kappa shape index (κ3) is 9.71. The number of piperidine rings is 1. The van der Waals surface area contributed by atoms with Gasteiger partial charge in [-0.1, -0.05) is 13.0 Å². The number of halogens is 1. The van der Waals surface area contributed by atoms with Gasteiger partial charge in [0.15, 0.2) is 5.96 Å². The molecule has 0 radical (unpaired) electrons. The van der Waals surface area contributed by atoms with Gasteiger partial charge in [-0.15, -0.1) is 24.0 Å². The van der Waals surface area contributed by atoms with Crippen LogP contribution in [0.15, 0.2) is 29.4 Å². The Morgan fingerprint density at radius 1 is 1.31 bits per heavy atom. The van der Waals surface area contributed by atoms with Gasteiger partial charge in [0.2, 0.25) is 0 Å². The van der Waals surface area contributed by atoms with Crippen molar-refractivity contribution in [3.63, 3.8) is 0 Å². The van der Waals surface area contributed by atoms with Gasteiger partial charge in [-0.3, -0.25) is 9.98 Å². The number of hydrogen-bond acceptors (Lipinski definition) is 3. The molecule has 0 saturated carbocycles. The molecule has 26 heavy (non-hydrogen) atoms. The van der Waals surface area contributed by atoms with E-state index in [1.54, 1.807) is 0 Å². The zero-order valence-corrected chi connectivity index (χ0v) is 18.7. The largest absolute Gasteiger partial charge is 0.357 e. The molecule has 1 aliphatic heterocycles. The maximum Gasteiger partial charge on any atom is 0.191 e. The first kappa shape index (κ1) is 23.1. The lowest BCUT2D eigenvalue weighted by Gasteiger charge is -2.30. The van der Waals surface area contributed by atoms with Gasteiger partial charge in [0.1, 0.15) is 0 Å². The quantitative estimate of drug-likeness (QED) is 0.250. The molecule has 1 aliphatic rings. The molecule has 0 spiro atoms. The van der Waals surface area contributed by atoms with Gasteiger partial charge in [0, 0.05) is 44.5 Å². The summed E-state index contributed by atoms with van der Waals surface area (Å²) < 4.78 is 0. The number of hydrogen-bond donors (Lipinski definition) is 2. The van der Waals surface area contributed by atoms with Crippen molar-refractivity contribution in [2.75, 3.05) is 39.3 Å². The third-order valence-corrected chi connectivity index (χ3v) is 4.64. The Balaban J connectivity index is 0.00000338. The van der Waals surface area contributed by atoms with Gasteiger partial charge in [-0.25, -0.2) is 0 Å². The lowest BCUT2D eigenvalue weighted by Crippen LogP contribution is -2.38. The lowest BCUT2D eigenvalue weighted by molar-refractivity contribution is 0.181. The normalized spacial score (nSPS) is 18.2. The molecule has 1 aromatic rings. The molecule has 0 amide bonds. The Kier molecular flexibility index (Phi) is 12.6. The molecule has 0 aromatic carbocycles. The molecule has 0 aliphatic carbocycles. The maximum atomic E-state index is 4.70. The van der Waals surface area contributed by atoms with Gasteiger partial charge < -0.3 is 15.5 Å². The summed E-state index contributed by atoms with van der Waals surface area (Å²) in [5.41, 5.74) is 1.11. The summed E-state index contributed by atoms with van der Waals surface area (Å²) >= 11 is 0. The van der Waals surface area contributed by atoms with Gasteiger partial charge in [-0.05, 0) is 63.7 Å². The first-order valence-corrected chi connectivity index (χ1v) is 9.92. The van der Waals surface area contributed by atoms with E-state index in [0.29, 0.717) is 0 Å². The van der Waals surface area contributed by atoms with Crippen molar-refractivity contribution < 1.29 is 0 Å². The lowest BCUT2D eigenvalue weighted by atomic mass is 10.0. The molecule has 1 saturated heterocycles. The van der Waals surface area contributed by atoms with Crippen LogP contribution in [0.5, 0.6) is 0 Å². The minimum Gasteiger partial charge on any atom is -0.357 e. The van der Waals surface area contributed by atoms with Crippen LogP contribution < -0.4 is 10.6 Å². The van der Waals surface area contributed by atoms with Crippen LogP contribution in [0.3, 0.4) is 0 Å². The van der Waals surface area contributed by atoms with Crippen LogP contribution >= 0.6 is 24.0 Å². The van der Waals surface area contributed by atoms with E-state index >= 15 is 0 Å². The first-order chi connectivity index (χ1) is 12.3. The standard InChI is InChI=1S/C20H35N5.HI/c1-3-21-20(24-14-11-19-10-4-5-12-22-19)23-13-6-7-15-25-16-8-9-18(2)17-25;/h4-5,10,12,18H,3,6-9,11,13-17H2,1-2H3,(H2,21,23,24);1H. The van der Waals surface area contributed by atoms with Crippen LogP contribution in [0.1, 0.15) is 45.2 Å². The van der Waals surface area contributed by atoms with Crippen molar-refractivity contribution in [1.82, 2.24) is 20.5 Å². The Bertz CT molecular complexity index is 494. The summed E-state index contributed by atoms with van der Waals surface area (Å²) in [7, 11) is 0. The van der Waals surface area contributed by atoms with Crippen molar-refractivity contribution in [2.45, 2.75) is 46.0 Å². The van der Waals surface area contributed by atoms with Crippen molar-refractivity contribution in [3.05, 3.63) is 30.1 Å². The topological polar surface area (TPSA) is 52.6 Å². The molecule has 2 heterocycles. The van der Waals surface area contributed by atoms with Gasteiger partial charge in [0.25, 0.3) is 0 Å². The number of guanidine groups is 1. The highest BCUT2D eigenvalue weighted by molar-refractivity contribution is 14.0. The Hall–Kier alpha value is -0.890. The highest BCUT2D eigenvalue weighted by Gasteiger charge is 2.15. The molecule has 1 unspecified atom stereocenters. The molecule has 1 fully saturated rings. The van der Waals surface area contributed by atoms with E-state index in [1.165, 1.54) is 38.9 Å². The fourth-order valence-corrected chi connectivity index (χ4v) is 3.32. The molecule has 1 aromatic heterocycles. The second-order valence-electron chi connectivity index (χ2n) is 7.01. The fourth-order valence-electron chi connectivity index (χ4n) is 3.32. The zero-order valence-electron chi connectivity index (χ0n) is 16.4. The van der Waals surface area contributed by atoms with E-state index in [2.05, 4.69) is 40.4 Å². The van der Waals surface area contributed by atoms with Crippen LogP contribution in [0.25, 0.3) is 0 Å². The molecule has 5 nitrogen and oxygen atoms in total. The summed E-state index contributed by atoms with van der Waals surface area (Å²) in [6, 6.07) is 6.05. The number of pyridine rings is 1. The Labute approximate surface area is 176 Å². The third-order valence-electron chi connectivity index (χ3n) is 4.64. The number of nitrogens with zero attached hydrogens (tertiary/aromatic N) is 3. The van der Waals surface area contributed by atoms with Crippen LogP contribution in [-0.4, -0.2) is 55.1 Å². The number of likely N-dealkylation sites (tertiary alicyclic amines) is 1. The van der Waals surface area contributed by atoms with E-state index in [0.717, 1.165) is 50.0 Å². The molecule has 1 atom stereocenters. The van der Waals surface area contributed by atoms with Crippen LogP contribution in [-0.2, 0) is 6.42 Å².